The Labute approximate surface area is 153 Å². The predicted molar refractivity (Wildman–Crippen MR) is 96.4 cm³/mol. The van der Waals surface area contributed by atoms with Crippen molar-refractivity contribution < 1.29 is 9.72 Å². The summed E-state index contributed by atoms with van der Waals surface area (Å²) < 4.78 is 1.43. The van der Waals surface area contributed by atoms with E-state index in [-0.39, 0.29) is 29.6 Å². The van der Waals surface area contributed by atoms with E-state index in [1.165, 1.54) is 49.4 Å². The van der Waals surface area contributed by atoms with E-state index in [0.717, 1.165) is 24.2 Å². The van der Waals surface area contributed by atoms with Gasteiger partial charge in [0.15, 0.2) is 0 Å². The fourth-order valence-electron chi connectivity index (χ4n) is 6.44. The van der Waals surface area contributed by atoms with Gasteiger partial charge in [0.25, 0.3) is 0 Å². The summed E-state index contributed by atoms with van der Waals surface area (Å²) in [6, 6.07) is 0.203. The second-order valence-corrected chi connectivity index (χ2v) is 8.84. The lowest BCUT2D eigenvalue weighted by atomic mass is 9.47. The molecular weight excluding hydrogens is 332 g/mol. The van der Waals surface area contributed by atoms with E-state index in [9.17, 15) is 14.9 Å². The van der Waals surface area contributed by atoms with Crippen molar-refractivity contribution in [1.82, 2.24) is 15.1 Å². The summed E-state index contributed by atoms with van der Waals surface area (Å²) in [5.41, 5.74) is 0.656. The summed E-state index contributed by atoms with van der Waals surface area (Å²) in [6.07, 6.45) is 10.1. The van der Waals surface area contributed by atoms with Crippen LogP contribution in [0.3, 0.4) is 0 Å². The van der Waals surface area contributed by atoms with Crippen molar-refractivity contribution in [3.05, 3.63) is 22.0 Å². The Balaban J connectivity index is 1.45. The molecule has 0 aromatic carbocycles. The van der Waals surface area contributed by atoms with Gasteiger partial charge in [0, 0.05) is 6.04 Å². The third-order valence-corrected chi connectivity index (χ3v) is 7.14. The number of carbonyl (C=O) groups excluding carboxylic acids is 1. The van der Waals surface area contributed by atoms with Crippen molar-refractivity contribution in [2.45, 2.75) is 71.4 Å². The third kappa shape index (κ3) is 2.91. The predicted octanol–water partition coefficient (Wildman–Crippen LogP) is 3.21. The van der Waals surface area contributed by atoms with E-state index in [1.54, 1.807) is 6.92 Å². The number of rotatable bonds is 6. The first-order chi connectivity index (χ1) is 12.4. The molecule has 5 rings (SSSR count). The van der Waals surface area contributed by atoms with Crippen molar-refractivity contribution in [1.29, 1.82) is 0 Å². The normalized spacial score (nSPS) is 33.2. The second kappa shape index (κ2) is 6.35. The Morgan fingerprint density at radius 1 is 1.35 bits per heavy atom. The quantitative estimate of drug-likeness (QED) is 0.623. The first kappa shape index (κ1) is 17.5. The summed E-state index contributed by atoms with van der Waals surface area (Å²) >= 11 is 0. The Hall–Kier alpha value is -1.92. The fraction of sp³-hybridized carbons (Fsp3) is 0.789. The van der Waals surface area contributed by atoms with Crippen molar-refractivity contribution in [3.63, 3.8) is 0 Å². The molecule has 4 bridgehead atoms. The number of amides is 1. The van der Waals surface area contributed by atoms with Gasteiger partial charge in [-0.25, -0.2) is 0 Å². The van der Waals surface area contributed by atoms with Gasteiger partial charge in [-0.15, -0.1) is 0 Å². The summed E-state index contributed by atoms with van der Waals surface area (Å²) in [5.74, 6) is 2.46. The van der Waals surface area contributed by atoms with E-state index < -0.39 is 4.92 Å². The lowest BCUT2D eigenvalue weighted by Crippen LogP contribution is -2.57. The maximum absolute atomic E-state index is 12.7. The zero-order valence-electron chi connectivity index (χ0n) is 15.6. The van der Waals surface area contributed by atoms with Crippen molar-refractivity contribution in [2.24, 2.45) is 23.2 Å². The molecule has 1 aromatic rings. The van der Waals surface area contributed by atoms with Crippen LogP contribution in [0, 0.1) is 40.2 Å². The minimum absolute atomic E-state index is 0.0362. The van der Waals surface area contributed by atoms with Crippen LogP contribution in [-0.4, -0.2) is 26.7 Å². The van der Waals surface area contributed by atoms with Gasteiger partial charge in [0.2, 0.25) is 5.91 Å². The molecule has 7 heteroatoms. The van der Waals surface area contributed by atoms with E-state index in [0.29, 0.717) is 5.69 Å². The lowest BCUT2D eigenvalue weighted by Gasteiger charge is -2.59. The molecule has 7 nitrogen and oxygen atoms in total. The smallest absolute Gasteiger partial charge is 0.309 e. The van der Waals surface area contributed by atoms with E-state index >= 15 is 0 Å². The first-order valence-corrected chi connectivity index (χ1v) is 9.86. The molecule has 26 heavy (non-hydrogen) atoms. The average molecular weight is 360 g/mol. The van der Waals surface area contributed by atoms with Crippen molar-refractivity contribution in [2.75, 3.05) is 0 Å². The minimum atomic E-state index is -0.457. The van der Waals surface area contributed by atoms with Gasteiger partial charge in [-0.05, 0) is 75.0 Å². The van der Waals surface area contributed by atoms with Crippen LogP contribution >= 0.6 is 0 Å². The van der Waals surface area contributed by atoms with E-state index in [1.807, 2.05) is 0 Å². The molecule has 1 amide bonds. The van der Waals surface area contributed by atoms with Crippen molar-refractivity contribution >= 4 is 11.6 Å². The average Bonchev–Trinajstić information content (AvgIpc) is 2.92. The van der Waals surface area contributed by atoms with Crippen LogP contribution in [0.1, 0.15) is 57.6 Å². The summed E-state index contributed by atoms with van der Waals surface area (Å²) in [4.78, 5) is 23.2. The molecule has 142 valence electrons. The number of aromatic nitrogens is 2. The Bertz CT molecular complexity index is 691. The fourth-order valence-corrected chi connectivity index (χ4v) is 6.44. The molecule has 0 spiro atoms. The highest BCUT2D eigenvalue weighted by atomic mass is 16.6. The molecule has 1 N–H and O–H groups in total. The molecule has 1 aromatic heterocycles. The van der Waals surface area contributed by atoms with E-state index in [4.69, 9.17) is 0 Å². The third-order valence-electron chi connectivity index (χ3n) is 7.14. The maximum atomic E-state index is 12.7. The first-order valence-electron chi connectivity index (χ1n) is 9.86. The summed E-state index contributed by atoms with van der Waals surface area (Å²) in [6.45, 7) is 3.84. The van der Waals surface area contributed by atoms with Gasteiger partial charge in [-0.2, -0.15) is 5.10 Å². The van der Waals surface area contributed by atoms with Gasteiger partial charge < -0.3 is 5.32 Å². The molecule has 4 saturated carbocycles. The highest BCUT2D eigenvalue weighted by molar-refractivity contribution is 5.76. The highest BCUT2D eigenvalue weighted by Crippen LogP contribution is 2.61. The number of hydrogen-bond donors (Lipinski definition) is 1. The zero-order chi connectivity index (χ0) is 18.5. The standard InChI is InChI=1S/C19H28N4O3/c1-3-17(19-7-13-4-14(8-19)6-15(5-13)9-19)21-18(24)11-22-12(2)16(10-20-22)23(25)26/h10,13-15,17H,3-9,11H2,1-2H3,(H,21,24). The molecule has 4 aliphatic rings. The van der Waals surface area contributed by atoms with Gasteiger partial charge >= 0.3 is 5.69 Å². The van der Waals surface area contributed by atoms with Crippen LogP contribution in [0.4, 0.5) is 5.69 Å². The van der Waals surface area contributed by atoms with Crippen LogP contribution in [-0.2, 0) is 11.3 Å². The van der Waals surface area contributed by atoms with Crippen LogP contribution in [0.25, 0.3) is 0 Å². The van der Waals surface area contributed by atoms with Crippen LogP contribution in [0.15, 0.2) is 6.20 Å². The summed E-state index contributed by atoms with van der Waals surface area (Å²) in [5, 5.41) is 18.2. The van der Waals surface area contributed by atoms with Gasteiger partial charge in [-0.3, -0.25) is 19.6 Å². The highest BCUT2D eigenvalue weighted by Gasteiger charge is 2.54. The Morgan fingerprint density at radius 3 is 2.38 bits per heavy atom. The monoisotopic (exact) mass is 360 g/mol. The molecule has 1 atom stereocenters. The molecule has 4 aliphatic carbocycles. The molecule has 1 heterocycles. The summed E-state index contributed by atoms with van der Waals surface area (Å²) in [7, 11) is 0. The van der Waals surface area contributed by atoms with Gasteiger partial charge in [0.05, 0.1) is 4.92 Å². The van der Waals surface area contributed by atoms with Gasteiger partial charge in [0.1, 0.15) is 18.4 Å². The SMILES string of the molecule is CCC(NC(=O)Cn1ncc([N+](=O)[O-])c1C)C12CC3CC(CC(C3)C1)C2. The number of carbonyl (C=O) groups is 1. The molecular formula is C19H28N4O3. The maximum Gasteiger partial charge on any atom is 0.309 e. The van der Waals surface area contributed by atoms with E-state index in [2.05, 4.69) is 17.3 Å². The van der Waals surface area contributed by atoms with Crippen LogP contribution in [0.2, 0.25) is 0 Å². The number of nitrogens with zero attached hydrogens (tertiary/aromatic N) is 3. The number of nitrogens with one attached hydrogen (secondary N) is 1. The second-order valence-electron chi connectivity index (χ2n) is 8.84. The Kier molecular flexibility index (Phi) is 4.28. The molecule has 0 saturated heterocycles. The largest absolute Gasteiger partial charge is 0.351 e. The topological polar surface area (TPSA) is 90.1 Å². The minimum Gasteiger partial charge on any atom is -0.351 e. The van der Waals surface area contributed by atoms with Crippen LogP contribution < -0.4 is 5.32 Å². The van der Waals surface area contributed by atoms with Crippen molar-refractivity contribution in [3.8, 4) is 0 Å². The molecule has 0 aliphatic heterocycles. The van der Waals surface area contributed by atoms with Gasteiger partial charge in [-0.1, -0.05) is 6.92 Å². The zero-order valence-corrected chi connectivity index (χ0v) is 15.6. The molecule has 4 fully saturated rings. The van der Waals surface area contributed by atoms with Crippen LogP contribution in [0.5, 0.6) is 0 Å². The molecule has 0 radical (unpaired) electrons. The lowest BCUT2D eigenvalue weighted by molar-refractivity contribution is -0.385. The Morgan fingerprint density at radius 2 is 1.92 bits per heavy atom. The number of nitro groups is 1. The molecule has 1 unspecified atom stereocenters. The number of hydrogen-bond acceptors (Lipinski definition) is 4.